The number of hydrogen-bond acceptors (Lipinski definition) is 4. The van der Waals surface area contributed by atoms with Crippen molar-refractivity contribution in [2.24, 2.45) is 5.92 Å². The van der Waals surface area contributed by atoms with Crippen LogP contribution in [0.15, 0.2) is 35.7 Å². The molecule has 98 valence electrons. The lowest BCUT2D eigenvalue weighted by Crippen LogP contribution is -2.17. The molecule has 1 N–H and O–H groups in total. The Bertz CT molecular complexity index is 654. The number of amides is 1. The van der Waals surface area contributed by atoms with E-state index in [9.17, 15) is 13.2 Å². The van der Waals surface area contributed by atoms with E-state index in [0.29, 0.717) is 11.3 Å². The number of nitrogens with one attached hydrogen (secondary N) is 1. The van der Waals surface area contributed by atoms with Crippen molar-refractivity contribution in [3.05, 3.63) is 41.3 Å². The second-order valence-electron chi connectivity index (χ2n) is 4.36. The molecule has 0 radical (unpaired) electrons. The lowest BCUT2D eigenvalue weighted by Gasteiger charge is -2.08. The molecule has 19 heavy (non-hydrogen) atoms. The molecular weight excluding hydrogens is 264 g/mol. The molecule has 0 bridgehead atoms. The van der Waals surface area contributed by atoms with Gasteiger partial charge in [-0.25, -0.2) is 8.42 Å². The number of benzene rings is 1. The molecule has 0 unspecified atom stereocenters. The monoisotopic (exact) mass is 276 g/mol. The van der Waals surface area contributed by atoms with Crippen molar-refractivity contribution in [2.45, 2.75) is 6.42 Å². The number of allylic oxidation sites excluding steroid dienone is 1. The molecule has 1 atom stereocenters. The Hall–Kier alpha value is -2.13. The van der Waals surface area contributed by atoms with E-state index in [-0.39, 0.29) is 24.0 Å². The van der Waals surface area contributed by atoms with Crippen molar-refractivity contribution < 1.29 is 13.2 Å². The number of sulfone groups is 1. The number of nitriles is 1. The van der Waals surface area contributed by atoms with Crippen LogP contribution in [0.3, 0.4) is 0 Å². The maximum atomic E-state index is 11.7. The van der Waals surface area contributed by atoms with Gasteiger partial charge in [-0.15, -0.1) is 0 Å². The highest BCUT2D eigenvalue weighted by molar-refractivity contribution is 7.94. The van der Waals surface area contributed by atoms with Crippen LogP contribution in [0.2, 0.25) is 0 Å². The second kappa shape index (κ2) is 5.24. The summed E-state index contributed by atoms with van der Waals surface area (Å²) in [5.41, 5.74) is 1.11. The highest BCUT2D eigenvalue weighted by Crippen LogP contribution is 2.19. The molecule has 0 saturated carbocycles. The Kier molecular flexibility index (Phi) is 3.67. The van der Waals surface area contributed by atoms with Crippen LogP contribution in [0.5, 0.6) is 0 Å². The Balaban J connectivity index is 1.91. The Labute approximate surface area is 111 Å². The van der Waals surface area contributed by atoms with Crippen LogP contribution in [0.1, 0.15) is 12.0 Å². The zero-order valence-electron chi connectivity index (χ0n) is 10.0. The Morgan fingerprint density at radius 1 is 1.37 bits per heavy atom. The van der Waals surface area contributed by atoms with Crippen molar-refractivity contribution in [1.29, 1.82) is 5.26 Å². The quantitative estimate of drug-likeness (QED) is 0.905. The first kappa shape index (κ1) is 13.3. The molecule has 0 spiro atoms. The summed E-state index contributed by atoms with van der Waals surface area (Å²) >= 11 is 0. The maximum absolute atomic E-state index is 11.7. The van der Waals surface area contributed by atoms with Gasteiger partial charge in [0, 0.05) is 23.4 Å². The van der Waals surface area contributed by atoms with Gasteiger partial charge in [0.05, 0.1) is 17.4 Å². The van der Waals surface area contributed by atoms with E-state index in [0.717, 1.165) is 5.41 Å². The van der Waals surface area contributed by atoms with Crippen LogP contribution < -0.4 is 5.32 Å². The van der Waals surface area contributed by atoms with E-state index in [1.165, 1.54) is 0 Å². The van der Waals surface area contributed by atoms with Gasteiger partial charge >= 0.3 is 0 Å². The minimum Gasteiger partial charge on any atom is -0.326 e. The van der Waals surface area contributed by atoms with Crippen LogP contribution in [-0.2, 0) is 14.6 Å². The van der Waals surface area contributed by atoms with Gasteiger partial charge < -0.3 is 5.32 Å². The molecule has 1 heterocycles. The van der Waals surface area contributed by atoms with Gasteiger partial charge in [-0.2, -0.15) is 5.26 Å². The smallest absolute Gasteiger partial charge is 0.224 e. The highest BCUT2D eigenvalue weighted by atomic mass is 32.2. The first-order valence-electron chi connectivity index (χ1n) is 5.69. The van der Waals surface area contributed by atoms with Crippen molar-refractivity contribution in [1.82, 2.24) is 0 Å². The highest BCUT2D eigenvalue weighted by Gasteiger charge is 2.23. The number of nitrogens with zero attached hydrogens (tertiary/aromatic N) is 1. The maximum Gasteiger partial charge on any atom is 0.224 e. The third-order valence-corrected chi connectivity index (χ3v) is 4.21. The van der Waals surface area contributed by atoms with E-state index in [1.807, 2.05) is 6.07 Å². The zero-order valence-corrected chi connectivity index (χ0v) is 10.9. The molecule has 1 aliphatic heterocycles. The molecular formula is C13H12N2O3S. The molecule has 1 aromatic carbocycles. The van der Waals surface area contributed by atoms with Gasteiger partial charge in [0.15, 0.2) is 9.84 Å². The van der Waals surface area contributed by atoms with E-state index < -0.39 is 9.84 Å². The lowest BCUT2D eigenvalue weighted by molar-refractivity contribution is -0.116. The number of carbonyl (C=O) groups is 1. The fourth-order valence-corrected chi connectivity index (χ4v) is 3.24. The molecule has 0 fully saturated rings. The summed E-state index contributed by atoms with van der Waals surface area (Å²) in [6, 6.07) is 8.47. The summed E-state index contributed by atoms with van der Waals surface area (Å²) in [4.78, 5) is 11.7. The molecule has 6 heteroatoms. The summed E-state index contributed by atoms with van der Waals surface area (Å²) in [7, 11) is -3.12. The predicted molar refractivity (Wildman–Crippen MR) is 70.8 cm³/mol. The summed E-state index contributed by atoms with van der Waals surface area (Å²) in [6.45, 7) is 0. The van der Waals surface area contributed by atoms with Crippen LogP contribution in [0.25, 0.3) is 0 Å². The van der Waals surface area contributed by atoms with Crippen LogP contribution in [0.4, 0.5) is 5.69 Å². The van der Waals surface area contributed by atoms with Gasteiger partial charge in [0.25, 0.3) is 0 Å². The van der Waals surface area contributed by atoms with Crippen LogP contribution in [-0.4, -0.2) is 20.1 Å². The van der Waals surface area contributed by atoms with E-state index in [4.69, 9.17) is 5.26 Å². The third kappa shape index (κ3) is 3.66. The van der Waals surface area contributed by atoms with Crippen molar-refractivity contribution in [3.8, 4) is 6.07 Å². The second-order valence-corrected chi connectivity index (χ2v) is 6.29. The number of carbonyl (C=O) groups excluding carboxylic acids is 1. The summed E-state index contributed by atoms with van der Waals surface area (Å²) in [5.74, 6) is -0.506. The van der Waals surface area contributed by atoms with Crippen molar-refractivity contribution in [2.75, 3.05) is 11.1 Å². The summed E-state index contributed by atoms with van der Waals surface area (Å²) in [5, 5.41) is 12.5. The molecule has 2 rings (SSSR count). The Morgan fingerprint density at radius 2 is 2.05 bits per heavy atom. The van der Waals surface area contributed by atoms with Crippen molar-refractivity contribution >= 4 is 21.4 Å². The zero-order chi connectivity index (χ0) is 13.9. The average Bonchev–Trinajstić information content (AvgIpc) is 2.69. The number of rotatable bonds is 3. The minimum absolute atomic E-state index is 0.00616. The Morgan fingerprint density at radius 3 is 2.58 bits per heavy atom. The standard InChI is InChI=1S/C13H12N2O3S/c14-8-10-1-3-12(4-2-10)15-13(16)7-11-5-6-19(17,18)9-11/h1-6,11H,7,9H2,(H,15,16)/t11-/m0/s1. The fraction of sp³-hybridized carbons (Fsp3) is 0.231. The van der Waals surface area contributed by atoms with Crippen molar-refractivity contribution in [3.63, 3.8) is 0 Å². The van der Waals surface area contributed by atoms with Gasteiger partial charge in [-0.3, -0.25) is 4.79 Å². The molecule has 1 aliphatic rings. The lowest BCUT2D eigenvalue weighted by atomic mass is 10.1. The van der Waals surface area contributed by atoms with Gasteiger partial charge in [-0.1, -0.05) is 6.08 Å². The predicted octanol–water partition coefficient (Wildman–Crippen LogP) is 1.45. The van der Waals surface area contributed by atoms with E-state index in [1.54, 1.807) is 30.3 Å². The van der Waals surface area contributed by atoms with Crippen LogP contribution >= 0.6 is 0 Å². The number of hydrogen-bond donors (Lipinski definition) is 1. The average molecular weight is 276 g/mol. The number of anilines is 1. The van der Waals surface area contributed by atoms with Gasteiger partial charge in [0.1, 0.15) is 0 Å². The first-order chi connectivity index (χ1) is 8.98. The third-order valence-electron chi connectivity index (χ3n) is 2.75. The molecule has 0 saturated heterocycles. The topological polar surface area (TPSA) is 87.0 Å². The first-order valence-corrected chi connectivity index (χ1v) is 7.41. The van der Waals surface area contributed by atoms with Crippen LogP contribution in [0, 0.1) is 17.2 Å². The molecule has 0 aliphatic carbocycles. The normalized spacial score (nSPS) is 19.8. The SMILES string of the molecule is N#Cc1ccc(NC(=O)C[C@@H]2C=CS(=O)(=O)C2)cc1. The fourth-order valence-electron chi connectivity index (χ4n) is 1.85. The molecule has 5 nitrogen and oxygen atoms in total. The van der Waals surface area contributed by atoms with Gasteiger partial charge in [0.2, 0.25) is 5.91 Å². The van der Waals surface area contributed by atoms with E-state index in [2.05, 4.69) is 5.32 Å². The molecule has 0 aromatic heterocycles. The minimum atomic E-state index is -3.12. The molecule has 1 aromatic rings. The largest absolute Gasteiger partial charge is 0.326 e. The summed E-state index contributed by atoms with van der Waals surface area (Å²) in [6.07, 6.45) is 1.68. The molecule has 1 amide bonds. The van der Waals surface area contributed by atoms with Gasteiger partial charge in [-0.05, 0) is 24.3 Å². The summed E-state index contributed by atoms with van der Waals surface area (Å²) < 4.78 is 22.4. The van der Waals surface area contributed by atoms with E-state index >= 15 is 0 Å².